The van der Waals surface area contributed by atoms with Crippen LogP contribution in [-0.2, 0) is 0 Å². The molecular formula is C14H17NO3. The quantitative estimate of drug-likeness (QED) is 0.765. The monoisotopic (exact) mass is 247 g/mol. The van der Waals surface area contributed by atoms with Crippen LogP contribution >= 0.6 is 0 Å². The minimum absolute atomic E-state index is 0.0429. The molecule has 1 fully saturated rings. The van der Waals surface area contributed by atoms with Gasteiger partial charge in [0.05, 0.1) is 0 Å². The maximum Gasteiger partial charge on any atom is 0.231 e. The Morgan fingerprint density at radius 1 is 1.11 bits per heavy atom. The first-order valence-corrected chi connectivity index (χ1v) is 6.65. The van der Waals surface area contributed by atoms with Gasteiger partial charge in [0, 0.05) is 18.0 Å². The van der Waals surface area contributed by atoms with Crippen LogP contribution in [0.4, 0.5) is 0 Å². The van der Waals surface area contributed by atoms with E-state index in [0.29, 0.717) is 0 Å². The molecule has 18 heavy (non-hydrogen) atoms. The summed E-state index contributed by atoms with van der Waals surface area (Å²) in [5, 5.41) is 0. The van der Waals surface area contributed by atoms with Crippen molar-refractivity contribution in [3.8, 4) is 17.2 Å². The molecule has 2 N–H and O–H groups in total. The van der Waals surface area contributed by atoms with Gasteiger partial charge in [-0.25, -0.2) is 0 Å². The van der Waals surface area contributed by atoms with Crippen LogP contribution < -0.4 is 19.9 Å². The topological polar surface area (TPSA) is 53.7 Å². The molecule has 0 bridgehead atoms. The minimum Gasteiger partial charge on any atom is -0.483 e. The summed E-state index contributed by atoms with van der Waals surface area (Å²) in [6.07, 6.45) is 5.58. The first-order valence-electron chi connectivity index (χ1n) is 6.65. The van der Waals surface area contributed by atoms with Crippen LogP contribution in [0.5, 0.6) is 17.2 Å². The van der Waals surface area contributed by atoms with E-state index in [9.17, 15) is 0 Å². The molecule has 1 aromatic carbocycles. The summed E-state index contributed by atoms with van der Waals surface area (Å²) in [5.41, 5.74) is 7.31. The van der Waals surface area contributed by atoms with E-state index in [1.54, 1.807) is 0 Å². The second kappa shape index (κ2) is 3.54. The van der Waals surface area contributed by atoms with E-state index in [0.717, 1.165) is 42.1 Å². The molecule has 4 heteroatoms. The van der Waals surface area contributed by atoms with Crippen LogP contribution in [0.2, 0.25) is 0 Å². The number of nitrogens with two attached hydrogens (primary N) is 1. The van der Waals surface area contributed by atoms with Crippen molar-refractivity contribution in [2.45, 2.75) is 43.7 Å². The second-order valence-electron chi connectivity index (χ2n) is 5.52. The zero-order valence-electron chi connectivity index (χ0n) is 10.3. The molecule has 1 atom stereocenters. The molecule has 0 amide bonds. The number of benzene rings is 1. The van der Waals surface area contributed by atoms with Crippen molar-refractivity contribution in [2.75, 3.05) is 6.79 Å². The molecule has 1 unspecified atom stereocenters. The molecular weight excluding hydrogens is 230 g/mol. The van der Waals surface area contributed by atoms with Gasteiger partial charge in [0.25, 0.3) is 0 Å². The van der Waals surface area contributed by atoms with E-state index < -0.39 is 0 Å². The van der Waals surface area contributed by atoms with Gasteiger partial charge in [-0.15, -0.1) is 0 Å². The summed E-state index contributed by atoms with van der Waals surface area (Å²) < 4.78 is 17.3. The maximum atomic E-state index is 6.32. The molecule has 1 aliphatic carbocycles. The summed E-state index contributed by atoms with van der Waals surface area (Å²) in [5.74, 6) is 2.34. The predicted molar refractivity (Wildman–Crippen MR) is 65.9 cm³/mol. The van der Waals surface area contributed by atoms with Crippen molar-refractivity contribution in [3.05, 3.63) is 17.7 Å². The number of rotatable bonds is 0. The fraction of sp³-hybridized carbons (Fsp3) is 0.571. The van der Waals surface area contributed by atoms with Crippen LogP contribution in [0.1, 0.15) is 43.7 Å². The average molecular weight is 247 g/mol. The van der Waals surface area contributed by atoms with Gasteiger partial charge in [-0.3, -0.25) is 0 Å². The summed E-state index contributed by atoms with van der Waals surface area (Å²) in [6, 6.07) is 3.98. The highest BCUT2D eigenvalue weighted by atomic mass is 16.7. The van der Waals surface area contributed by atoms with Crippen molar-refractivity contribution >= 4 is 0 Å². The third-order valence-electron chi connectivity index (χ3n) is 4.35. The van der Waals surface area contributed by atoms with Crippen LogP contribution in [-0.4, -0.2) is 12.4 Å². The average Bonchev–Trinajstić information content (AvgIpc) is 2.98. The van der Waals surface area contributed by atoms with E-state index in [1.165, 1.54) is 12.8 Å². The molecule has 1 saturated carbocycles. The SMILES string of the molecule is NC1CC2(CCCC2)Oc2c1ccc1c2OCO1. The summed E-state index contributed by atoms with van der Waals surface area (Å²) in [6.45, 7) is 0.275. The molecule has 2 heterocycles. The Balaban J connectivity index is 1.82. The highest BCUT2D eigenvalue weighted by Crippen LogP contribution is 2.53. The molecule has 0 saturated heterocycles. The third-order valence-corrected chi connectivity index (χ3v) is 4.35. The molecule has 1 aromatic rings. The lowest BCUT2D eigenvalue weighted by atomic mass is 9.86. The predicted octanol–water partition coefficient (Wildman–Crippen LogP) is 2.51. The molecule has 96 valence electrons. The van der Waals surface area contributed by atoms with Gasteiger partial charge in [0.1, 0.15) is 5.60 Å². The molecule has 0 radical (unpaired) electrons. The first-order chi connectivity index (χ1) is 8.77. The van der Waals surface area contributed by atoms with E-state index in [2.05, 4.69) is 0 Å². The van der Waals surface area contributed by atoms with Gasteiger partial charge >= 0.3 is 0 Å². The zero-order chi connectivity index (χ0) is 12.2. The van der Waals surface area contributed by atoms with Crippen LogP contribution in [0.25, 0.3) is 0 Å². The van der Waals surface area contributed by atoms with E-state index >= 15 is 0 Å². The van der Waals surface area contributed by atoms with Crippen molar-refractivity contribution < 1.29 is 14.2 Å². The van der Waals surface area contributed by atoms with Crippen LogP contribution in [0.3, 0.4) is 0 Å². The lowest BCUT2D eigenvalue weighted by molar-refractivity contribution is 0.0387. The van der Waals surface area contributed by atoms with Gasteiger partial charge < -0.3 is 19.9 Å². The van der Waals surface area contributed by atoms with Gasteiger partial charge in [0.2, 0.25) is 12.5 Å². The third kappa shape index (κ3) is 1.35. The van der Waals surface area contributed by atoms with Gasteiger partial charge in [-0.05, 0) is 37.8 Å². The van der Waals surface area contributed by atoms with Crippen LogP contribution in [0.15, 0.2) is 12.1 Å². The van der Waals surface area contributed by atoms with E-state index in [-0.39, 0.29) is 18.4 Å². The lowest BCUT2D eigenvalue weighted by Crippen LogP contribution is -2.40. The fourth-order valence-electron chi connectivity index (χ4n) is 3.45. The Hall–Kier alpha value is -1.42. The summed E-state index contributed by atoms with van der Waals surface area (Å²) in [7, 11) is 0. The minimum atomic E-state index is -0.0620. The number of hydrogen-bond donors (Lipinski definition) is 1. The number of hydrogen-bond acceptors (Lipinski definition) is 4. The second-order valence-corrected chi connectivity index (χ2v) is 5.52. The normalized spacial score (nSPS) is 27.1. The Kier molecular flexibility index (Phi) is 2.07. The number of fused-ring (bicyclic) bond motifs is 3. The molecule has 2 aliphatic heterocycles. The van der Waals surface area contributed by atoms with Gasteiger partial charge in [-0.1, -0.05) is 0 Å². The fourth-order valence-corrected chi connectivity index (χ4v) is 3.45. The van der Waals surface area contributed by atoms with E-state index in [4.69, 9.17) is 19.9 Å². The lowest BCUT2D eigenvalue weighted by Gasteiger charge is -2.38. The smallest absolute Gasteiger partial charge is 0.231 e. The Morgan fingerprint density at radius 2 is 1.94 bits per heavy atom. The Labute approximate surface area is 106 Å². The van der Waals surface area contributed by atoms with Gasteiger partial charge in [0.15, 0.2) is 11.5 Å². The molecule has 3 aliphatic rings. The van der Waals surface area contributed by atoms with Crippen molar-refractivity contribution in [3.63, 3.8) is 0 Å². The van der Waals surface area contributed by atoms with Crippen LogP contribution in [0, 0.1) is 0 Å². The number of ether oxygens (including phenoxy) is 3. The largest absolute Gasteiger partial charge is 0.483 e. The zero-order valence-corrected chi connectivity index (χ0v) is 10.3. The van der Waals surface area contributed by atoms with E-state index in [1.807, 2.05) is 12.1 Å². The highest BCUT2D eigenvalue weighted by Gasteiger charge is 2.44. The Morgan fingerprint density at radius 3 is 2.78 bits per heavy atom. The molecule has 1 spiro atoms. The maximum absolute atomic E-state index is 6.32. The molecule has 0 aromatic heterocycles. The van der Waals surface area contributed by atoms with Crippen molar-refractivity contribution in [1.29, 1.82) is 0 Å². The summed E-state index contributed by atoms with van der Waals surface area (Å²) >= 11 is 0. The highest BCUT2D eigenvalue weighted by molar-refractivity contribution is 5.58. The summed E-state index contributed by atoms with van der Waals surface area (Å²) in [4.78, 5) is 0. The van der Waals surface area contributed by atoms with Crippen molar-refractivity contribution in [1.82, 2.24) is 0 Å². The standard InChI is InChI=1S/C14H17NO3/c15-10-7-14(5-1-2-6-14)18-12-9(10)3-4-11-13(12)17-8-16-11/h3-4,10H,1-2,5-8,15H2. The Bertz CT molecular complexity index is 494. The van der Waals surface area contributed by atoms with Crippen molar-refractivity contribution in [2.24, 2.45) is 5.73 Å². The van der Waals surface area contributed by atoms with Gasteiger partial charge in [-0.2, -0.15) is 0 Å². The first kappa shape index (κ1) is 10.5. The molecule has 4 nitrogen and oxygen atoms in total. The molecule has 4 rings (SSSR count).